The fourth-order valence-corrected chi connectivity index (χ4v) is 3.72. The molecule has 2 unspecified atom stereocenters. The number of aliphatic hydroxyl groups excluding tert-OH is 2. The Morgan fingerprint density at radius 2 is 1.65 bits per heavy atom. The average Bonchev–Trinajstić information content (AvgIpc) is 2.77. The summed E-state index contributed by atoms with van der Waals surface area (Å²) in [7, 11) is 1.19. The Morgan fingerprint density at radius 1 is 1.09 bits per heavy atom. The number of rotatable bonds is 2. The zero-order valence-corrected chi connectivity index (χ0v) is 12.7. The van der Waals surface area contributed by atoms with Crippen molar-refractivity contribution in [2.75, 3.05) is 13.1 Å². The van der Waals surface area contributed by atoms with E-state index in [-0.39, 0.29) is 0 Å². The molecule has 6 nitrogen and oxygen atoms in total. The van der Waals surface area contributed by atoms with Gasteiger partial charge in [0.15, 0.2) is 5.69 Å². The van der Waals surface area contributed by atoms with Gasteiger partial charge in [-0.25, -0.2) is 4.68 Å². The molecule has 1 aromatic heterocycles. The average molecular weight is 335 g/mol. The van der Waals surface area contributed by atoms with E-state index in [1.54, 1.807) is 0 Å². The van der Waals surface area contributed by atoms with Gasteiger partial charge in [0.2, 0.25) is 5.88 Å². The summed E-state index contributed by atoms with van der Waals surface area (Å²) < 4.78 is 40.0. The Kier molecular flexibility index (Phi) is 4.06. The number of likely N-dealkylation sites (tertiary alicyclic amines) is 1. The van der Waals surface area contributed by atoms with E-state index in [0.29, 0.717) is 17.8 Å². The first-order valence-corrected chi connectivity index (χ1v) is 7.66. The van der Waals surface area contributed by atoms with E-state index in [2.05, 4.69) is 5.10 Å². The van der Waals surface area contributed by atoms with Crippen LogP contribution in [0, 0.1) is 0 Å². The molecule has 1 saturated carbocycles. The van der Waals surface area contributed by atoms with Crippen LogP contribution in [0.15, 0.2) is 0 Å². The second kappa shape index (κ2) is 5.64. The molecular formula is C14H20F3N3O3. The minimum absolute atomic E-state index is 0.520. The van der Waals surface area contributed by atoms with Gasteiger partial charge < -0.3 is 15.3 Å². The zero-order valence-electron chi connectivity index (χ0n) is 12.7. The number of halogens is 3. The van der Waals surface area contributed by atoms with Gasteiger partial charge in [-0.05, 0) is 25.9 Å². The molecule has 0 radical (unpaired) electrons. The van der Waals surface area contributed by atoms with E-state index in [0.717, 1.165) is 19.3 Å². The molecular weight excluding hydrogens is 315 g/mol. The molecule has 1 aliphatic heterocycles. The molecule has 3 rings (SSSR count). The van der Waals surface area contributed by atoms with Gasteiger partial charge in [0.05, 0.1) is 23.8 Å². The van der Waals surface area contributed by atoms with Crippen molar-refractivity contribution in [3.05, 3.63) is 11.3 Å². The Balaban J connectivity index is 1.89. The smallest absolute Gasteiger partial charge is 0.435 e. The predicted molar refractivity (Wildman–Crippen MR) is 73.8 cm³/mol. The number of hydrogen-bond donors (Lipinski definition) is 3. The first-order valence-electron chi connectivity index (χ1n) is 7.66. The van der Waals surface area contributed by atoms with Crippen LogP contribution >= 0.6 is 0 Å². The van der Waals surface area contributed by atoms with E-state index in [1.165, 1.54) is 7.05 Å². The molecule has 0 spiro atoms. The number of aryl methyl sites for hydroxylation is 1. The maximum absolute atomic E-state index is 13.1. The monoisotopic (exact) mass is 335 g/mol. The van der Waals surface area contributed by atoms with Crippen LogP contribution in [-0.4, -0.2) is 61.3 Å². The Bertz CT molecular complexity index is 574. The zero-order chi connectivity index (χ0) is 16.9. The van der Waals surface area contributed by atoms with Crippen molar-refractivity contribution in [1.82, 2.24) is 14.7 Å². The van der Waals surface area contributed by atoms with Crippen molar-refractivity contribution in [1.29, 1.82) is 0 Å². The molecule has 0 aromatic carbocycles. The Morgan fingerprint density at radius 3 is 2.17 bits per heavy atom. The minimum atomic E-state index is -4.76. The second-order valence-corrected chi connectivity index (χ2v) is 6.30. The lowest BCUT2D eigenvalue weighted by molar-refractivity contribution is -0.153. The molecule has 23 heavy (non-hydrogen) atoms. The van der Waals surface area contributed by atoms with Crippen molar-refractivity contribution < 1.29 is 28.5 Å². The van der Waals surface area contributed by atoms with Gasteiger partial charge in [-0.1, -0.05) is 6.42 Å². The molecule has 1 saturated heterocycles. The second-order valence-electron chi connectivity index (χ2n) is 6.30. The number of aromatic nitrogens is 2. The summed E-state index contributed by atoms with van der Waals surface area (Å²) in [5, 5.41) is 33.9. The van der Waals surface area contributed by atoms with Gasteiger partial charge in [0.25, 0.3) is 0 Å². The van der Waals surface area contributed by atoms with E-state index < -0.39 is 47.5 Å². The number of hydrogen-bond acceptors (Lipinski definition) is 5. The van der Waals surface area contributed by atoms with E-state index in [9.17, 15) is 28.5 Å². The van der Waals surface area contributed by atoms with Gasteiger partial charge in [0.1, 0.15) is 0 Å². The van der Waals surface area contributed by atoms with Crippen LogP contribution in [0.2, 0.25) is 0 Å². The highest BCUT2D eigenvalue weighted by Gasteiger charge is 2.56. The molecule has 2 fully saturated rings. The summed E-state index contributed by atoms with van der Waals surface area (Å²) in [5.74, 6) is -1.86. The number of piperidine rings is 1. The molecule has 9 heteroatoms. The lowest BCUT2D eigenvalue weighted by atomic mass is 9.68. The van der Waals surface area contributed by atoms with Crippen LogP contribution in [0.3, 0.4) is 0 Å². The predicted octanol–water partition coefficient (Wildman–Crippen LogP) is 0.818. The van der Waals surface area contributed by atoms with Gasteiger partial charge in [-0.2, -0.15) is 18.3 Å². The van der Waals surface area contributed by atoms with Crippen LogP contribution in [0.25, 0.3) is 0 Å². The largest absolute Gasteiger partial charge is 0.493 e. The highest BCUT2D eigenvalue weighted by molar-refractivity contribution is 5.41. The van der Waals surface area contributed by atoms with Gasteiger partial charge in [-0.15, -0.1) is 0 Å². The lowest BCUT2D eigenvalue weighted by Crippen LogP contribution is -2.66. The normalized spacial score (nSPS) is 32.8. The first kappa shape index (κ1) is 16.5. The van der Waals surface area contributed by atoms with Crippen LogP contribution in [0.1, 0.15) is 36.4 Å². The van der Waals surface area contributed by atoms with Gasteiger partial charge >= 0.3 is 6.18 Å². The third-order valence-corrected chi connectivity index (χ3v) is 4.90. The number of aliphatic hydroxyl groups is 2. The Labute approximate surface area is 131 Å². The third kappa shape index (κ3) is 2.60. The van der Waals surface area contributed by atoms with Crippen molar-refractivity contribution >= 4 is 0 Å². The topological polar surface area (TPSA) is 81.8 Å². The standard InChI is InChI=1S/C14H20F3N3O3/c1-19-13(23)8(12(18-19)14(15,16)17)7-10(21)9(11(7)22)20-5-3-2-4-6-20/h7,9-11,21-23H,2-6H2,1H3. The maximum Gasteiger partial charge on any atom is 0.435 e. The summed E-state index contributed by atoms with van der Waals surface area (Å²) in [4.78, 5) is 1.91. The van der Waals surface area contributed by atoms with E-state index in [1.807, 2.05) is 4.90 Å². The number of alkyl halides is 3. The lowest BCUT2D eigenvalue weighted by Gasteiger charge is -2.52. The summed E-state index contributed by atoms with van der Waals surface area (Å²) in [5.41, 5.74) is -1.77. The molecule has 0 bridgehead atoms. The third-order valence-electron chi connectivity index (χ3n) is 4.90. The van der Waals surface area contributed by atoms with Gasteiger partial charge in [0, 0.05) is 13.0 Å². The summed E-state index contributed by atoms with van der Waals surface area (Å²) >= 11 is 0. The molecule has 2 atom stereocenters. The van der Waals surface area contributed by atoms with Gasteiger partial charge in [-0.3, -0.25) is 4.90 Å². The van der Waals surface area contributed by atoms with Crippen molar-refractivity contribution in [2.45, 2.75) is 49.6 Å². The molecule has 0 amide bonds. The molecule has 1 aliphatic carbocycles. The molecule has 2 heterocycles. The van der Waals surface area contributed by atoms with Crippen LogP contribution in [0.5, 0.6) is 5.88 Å². The number of aromatic hydroxyl groups is 1. The minimum Gasteiger partial charge on any atom is -0.493 e. The van der Waals surface area contributed by atoms with Crippen LogP contribution < -0.4 is 0 Å². The fourth-order valence-electron chi connectivity index (χ4n) is 3.72. The number of nitrogens with zero attached hydrogens (tertiary/aromatic N) is 3. The summed E-state index contributed by atoms with van der Waals surface area (Å²) in [6, 6.07) is -0.596. The van der Waals surface area contributed by atoms with Crippen molar-refractivity contribution in [3.8, 4) is 5.88 Å². The Hall–Kier alpha value is -1.32. The van der Waals surface area contributed by atoms with Crippen LogP contribution in [0.4, 0.5) is 13.2 Å². The molecule has 3 N–H and O–H groups in total. The SMILES string of the molecule is Cn1nc(C(F)(F)F)c(C2C(O)C(N3CCCCC3)C2O)c1O. The highest BCUT2D eigenvalue weighted by atomic mass is 19.4. The first-order chi connectivity index (χ1) is 10.7. The molecule has 2 aliphatic rings. The highest BCUT2D eigenvalue weighted by Crippen LogP contribution is 2.48. The summed E-state index contributed by atoms with van der Waals surface area (Å²) in [6.07, 6.45) is -4.15. The molecule has 130 valence electrons. The summed E-state index contributed by atoms with van der Waals surface area (Å²) in [6.45, 7) is 1.41. The van der Waals surface area contributed by atoms with Crippen LogP contribution in [-0.2, 0) is 13.2 Å². The fraction of sp³-hybridized carbons (Fsp3) is 0.786. The maximum atomic E-state index is 13.1. The van der Waals surface area contributed by atoms with E-state index in [4.69, 9.17) is 0 Å². The van der Waals surface area contributed by atoms with Crippen molar-refractivity contribution in [2.24, 2.45) is 7.05 Å². The van der Waals surface area contributed by atoms with E-state index >= 15 is 0 Å². The molecule has 1 aromatic rings. The quantitative estimate of drug-likeness (QED) is 0.745. The van der Waals surface area contributed by atoms with Crippen molar-refractivity contribution in [3.63, 3.8) is 0 Å².